The number of benzene rings is 1. The minimum atomic E-state index is 0. The zero-order chi connectivity index (χ0) is 13.5. The molecule has 5 nitrogen and oxygen atoms in total. The highest BCUT2D eigenvalue weighted by Crippen LogP contribution is 2.40. The maximum Gasteiger partial charge on any atom is 0.228 e. The van der Waals surface area contributed by atoms with Crippen molar-refractivity contribution < 1.29 is 9.21 Å². The van der Waals surface area contributed by atoms with E-state index in [0.29, 0.717) is 5.92 Å². The van der Waals surface area contributed by atoms with Crippen molar-refractivity contribution in [2.24, 2.45) is 5.92 Å². The first-order valence-corrected chi connectivity index (χ1v) is 7.22. The van der Waals surface area contributed by atoms with Gasteiger partial charge in [-0.1, -0.05) is 0 Å². The van der Waals surface area contributed by atoms with Crippen LogP contribution < -0.4 is 10.6 Å². The quantitative estimate of drug-likeness (QED) is 0.915. The van der Waals surface area contributed by atoms with Crippen molar-refractivity contribution in [3.8, 4) is 0 Å². The van der Waals surface area contributed by atoms with Crippen LogP contribution in [0, 0.1) is 5.92 Å². The van der Waals surface area contributed by atoms with Crippen LogP contribution in [0.1, 0.15) is 31.1 Å². The van der Waals surface area contributed by atoms with E-state index in [1.165, 1.54) is 12.8 Å². The van der Waals surface area contributed by atoms with Gasteiger partial charge in [0.25, 0.3) is 0 Å². The van der Waals surface area contributed by atoms with E-state index in [2.05, 4.69) is 15.6 Å². The van der Waals surface area contributed by atoms with Crippen LogP contribution in [0.3, 0.4) is 0 Å². The fraction of sp³-hybridized carbons (Fsp3) is 0.467. The van der Waals surface area contributed by atoms with E-state index in [1.54, 1.807) is 0 Å². The van der Waals surface area contributed by atoms with Crippen molar-refractivity contribution in [1.82, 2.24) is 10.3 Å². The van der Waals surface area contributed by atoms with Crippen LogP contribution in [0.4, 0.5) is 5.69 Å². The summed E-state index contributed by atoms with van der Waals surface area (Å²) in [4.78, 5) is 16.6. The highest BCUT2D eigenvalue weighted by Gasteiger charge is 2.29. The third-order valence-corrected chi connectivity index (χ3v) is 4.03. The molecule has 0 bridgehead atoms. The van der Waals surface area contributed by atoms with E-state index < -0.39 is 0 Å². The molecule has 4 rings (SSSR count). The van der Waals surface area contributed by atoms with Crippen molar-refractivity contribution in [3.63, 3.8) is 0 Å². The van der Waals surface area contributed by atoms with E-state index in [1.807, 2.05) is 18.2 Å². The summed E-state index contributed by atoms with van der Waals surface area (Å²) in [5.41, 5.74) is 2.42. The van der Waals surface area contributed by atoms with Gasteiger partial charge in [0.1, 0.15) is 5.52 Å². The summed E-state index contributed by atoms with van der Waals surface area (Å²) in [6.45, 7) is 1.69. The Labute approximate surface area is 128 Å². The van der Waals surface area contributed by atoms with E-state index >= 15 is 0 Å². The Balaban J connectivity index is 0.00000132. The number of oxazole rings is 1. The Hall–Kier alpha value is -1.59. The molecular weight excluding hydrogens is 290 g/mol. The molecule has 2 fully saturated rings. The van der Waals surface area contributed by atoms with Crippen molar-refractivity contribution in [1.29, 1.82) is 0 Å². The van der Waals surface area contributed by atoms with Crippen LogP contribution in [-0.2, 0) is 4.79 Å². The molecule has 0 spiro atoms. The lowest BCUT2D eigenvalue weighted by molar-refractivity contribution is -0.119. The summed E-state index contributed by atoms with van der Waals surface area (Å²) in [7, 11) is 0. The van der Waals surface area contributed by atoms with Gasteiger partial charge in [-0.15, -0.1) is 12.4 Å². The number of nitrogens with one attached hydrogen (secondary N) is 2. The van der Waals surface area contributed by atoms with Gasteiger partial charge in [0.15, 0.2) is 11.5 Å². The second kappa shape index (κ2) is 5.66. The molecule has 112 valence electrons. The lowest BCUT2D eigenvalue weighted by Gasteiger charge is -2.09. The average Bonchev–Trinajstić information content (AvgIpc) is 3.00. The zero-order valence-corrected chi connectivity index (χ0v) is 12.4. The molecule has 0 radical (unpaired) electrons. The first kappa shape index (κ1) is 14.4. The van der Waals surface area contributed by atoms with Gasteiger partial charge in [0.2, 0.25) is 5.91 Å². The topological polar surface area (TPSA) is 67.2 Å². The Morgan fingerprint density at radius 1 is 1.33 bits per heavy atom. The van der Waals surface area contributed by atoms with Gasteiger partial charge < -0.3 is 15.1 Å². The van der Waals surface area contributed by atoms with Gasteiger partial charge in [0.05, 0.1) is 5.92 Å². The number of carbonyl (C=O) groups excluding carboxylic acids is 1. The average molecular weight is 308 g/mol. The number of nitrogens with zero attached hydrogens (tertiary/aromatic N) is 1. The number of hydrogen-bond donors (Lipinski definition) is 2. The van der Waals surface area contributed by atoms with Crippen LogP contribution in [0.25, 0.3) is 11.1 Å². The van der Waals surface area contributed by atoms with Crippen molar-refractivity contribution in [3.05, 3.63) is 24.1 Å². The highest BCUT2D eigenvalue weighted by molar-refractivity contribution is 5.94. The Kier molecular flexibility index (Phi) is 3.87. The minimum Gasteiger partial charge on any atom is -0.440 e. The summed E-state index contributed by atoms with van der Waals surface area (Å²) in [5, 5.41) is 6.17. The standard InChI is InChI=1S/C15H17N3O2.ClH/c19-14(10-5-6-16-8-10)17-11-3-4-13-12(7-11)18-15(20-13)9-1-2-9;/h3-4,7,9-10,16H,1-2,5-6,8H2,(H,17,19);1H. The van der Waals surface area contributed by atoms with E-state index in [-0.39, 0.29) is 24.2 Å². The van der Waals surface area contributed by atoms with Crippen molar-refractivity contribution in [2.75, 3.05) is 18.4 Å². The Morgan fingerprint density at radius 2 is 2.19 bits per heavy atom. The predicted molar refractivity (Wildman–Crippen MR) is 82.8 cm³/mol. The summed E-state index contributed by atoms with van der Waals surface area (Å²) in [6, 6.07) is 5.66. The third kappa shape index (κ3) is 2.89. The molecule has 1 amide bonds. The van der Waals surface area contributed by atoms with Crippen LogP contribution in [0.2, 0.25) is 0 Å². The summed E-state index contributed by atoms with van der Waals surface area (Å²) >= 11 is 0. The van der Waals surface area contributed by atoms with Gasteiger partial charge in [-0.25, -0.2) is 4.98 Å². The van der Waals surface area contributed by atoms with Gasteiger partial charge in [0, 0.05) is 18.2 Å². The van der Waals surface area contributed by atoms with Crippen LogP contribution in [-0.4, -0.2) is 24.0 Å². The number of rotatable bonds is 3. The number of amides is 1. The van der Waals surface area contributed by atoms with Gasteiger partial charge in [-0.05, 0) is 44.0 Å². The fourth-order valence-corrected chi connectivity index (χ4v) is 2.65. The number of carbonyl (C=O) groups is 1. The molecule has 1 saturated carbocycles. The molecule has 1 aliphatic heterocycles. The SMILES string of the molecule is Cl.O=C(Nc1ccc2oc(C3CC3)nc2c1)C1CCNC1. The summed E-state index contributed by atoms with van der Waals surface area (Å²) in [6.07, 6.45) is 3.25. The molecule has 21 heavy (non-hydrogen) atoms. The molecule has 2 aliphatic rings. The predicted octanol–water partition coefficient (Wildman–Crippen LogP) is 2.67. The summed E-state index contributed by atoms with van der Waals surface area (Å²) < 4.78 is 5.72. The maximum atomic E-state index is 12.1. The van der Waals surface area contributed by atoms with Crippen LogP contribution in [0.15, 0.2) is 22.6 Å². The van der Waals surface area contributed by atoms with Crippen LogP contribution >= 0.6 is 12.4 Å². The second-order valence-electron chi connectivity index (χ2n) is 5.69. The van der Waals surface area contributed by atoms with E-state index in [9.17, 15) is 4.79 Å². The molecule has 1 atom stereocenters. The largest absolute Gasteiger partial charge is 0.440 e. The Morgan fingerprint density at radius 3 is 2.90 bits per heavy atom. The molecule has 1 aliphatic carbocycles. The molecule has 1 aromatic heterocycles. The molecular formula is C15H18ClN3O2. The van der Waals surface area contributed by atoms with Crippen molar-refractivity contribution in [2.45, 2.75) is 25.2 Å². The number of anilines is 1. The number of fused-ring (bicyclic) bond motifs is 1. The summed E-state index contributed by atoms with van der Waals surface area (Å²) in [5.74, 6) is 1.50. The minimum absolute atomic E-state index is 0. The number of halogens is 1. The fourth-order valence-electron chi connectivity index (χ4n) is 2.65. The lowest BCUT2D eigenvalue weighted by Crippen LogP contribution is -2.24. The third-order valence-electron chi connectivity index (χ3n) is 4.03. The van der Waals surface area contributed by atoms with E-state index in [4.69, 9.17) is 4.42 Å². The monoisotopic (exact) mass is 307 g/mol. The maximum absolute atomic E-state index is 12.1. The second-order valence-corrected chi connectivity index (χ2v) is 5.69. The van der Waals surface area contributed by atoms with Crippen molar-refractivity contribution >= 4 is 35.1 Å². The first-order valence-electron chi connectivity index (χ1n) is 7.22. The van der Waals surface area contributed by atoms with Gasteiger partial charge >= 0.3 is 0 Å². The highest BCUT2D eigenvalue weighted by atomic mass is 35.5. The first-order chi connectivity index (χ1) is 9.79. The normalized spacial score (nSPS) is 21.2. The molecule has 2 heterocycles. The number of hydrogen-bond acceptors (Lipinski definition) is 4. The molecule has 1 aromatic carbocycles. The van der Waals surface area contributed by atoms with Gasteiger partial charge in [-0.3, -0.25) is 4.79 Å². The molecule has 2 aromatic rings. The number of aromatic nitrogens is 1. The Bertz CT molecular complexity index is 660. The molecule has 1 unspecified atom stereocenters. The zero-order valence-electron chi connectivity index (χ0n) is 11.6. The smallest absolute Gasteiger partial charge is 0.228 e. The molecule has 1 saturated heterocycles. The molecule has 2 N–H and O–H groups in total. The lowest BCUT2D eigenvalue weighted by atomic mass is 10.1. The van der Waals surface area contributed by atoms with Gasteiger partial charge in [-0.2, -0.15) is 0 Å². The van der Waals surface area contributed by atoms with E-state index in [0.717, 1.165) is 42.2 Å². The van der Waals surface area contributed by atoms with Crippen LogP contribution in [0.5, 0.6) is 0 Å². The molecule has 6 heteroatoms.